The number of carbonyl (C=O) groups is 1. The van der Waals surface area contributed by atoms with E-state index in [1.807, 2.05) is 30.3 Å². The summed E-state index contributed by atoms with van der Waals surface area (Å²) in [6.45, 7) is 0.649. The number of amides is 1. The summed E-state index contributed by atoms with van der Waals surface area (Å²) in [5, 5.41) is 9.49. The van der Waals surface area contributed by atoms with E-state index in [1.165, 1.54) is 0 Å². The molecule has 3 fully saturated rings. The largest absolute Gasteiger partial charge is 0.465 e. The van der Waals surface area contributed by atoms with E-state index in [2.05, 4.69) is 0 Å². The van der Waals surface area contributed by atoms with E-state index in [0.717, 1.165) is 31.2 Å². The quantitative estimate of drug-likeness (QED) is 0.859. The highest BCUT2D eigenvalue weighted by atomic mass is 16.4. The molecule has 19 heavy (non-hydrogen) atoms. The number of hydrogen-bond acceptors (Lipinski definition) is 2. The molecule has 2 heterocycles. The van der Waals surface area contributed by atoms with Crippen molar-refractivity contribution >= 4 is 6.09 Å². The highest BCUT2D eigenvalue weighted by Crippen LogP contribution is 2.48. The Hall–Kier alpha value is -1.55. The maximum atomic E-state index is 11.6. The van der Waals surface area contributed by atoms with Gasteiger partial charge in [0.1, 0.15) is 0 Å². The molecule has 4 nitrogen and oxygen atoms in total. The predicted molar refractivity (Wildman–Crippen MR) is 72.8 cm³/mol. The number of benzene rings is 1. The van der Waals surface area contributed by atoms with Crippen LogP contribution in [0.3, 0.4) is 0 Å². The number of rotatable bonds is 2. The Kier molecular flexibility index (Phi) is 2.97. The molecule has 2 saturated heterocycles. The third-order valence-electron chi connectivity index (χ3n) is 4.92. The van der Waals surface area contributed by atoms with Gasteiger partial charge in [-0.15, -0.1) is 0 Å². The van der Waals surface area contributed by atoms with Gasteiger partial charge in [-0.3, -0.25) is 0 Å². The van der Waals surface area contributed by atoms with Crippen LogP contribution in [0.2, 0.25) is 0 Å². The maximum Gasteiger partial charge on any atom is 0.407 e. The van der Waals surface area contributed by atoms with Gasteiger partial charge in [0.2, 0.25) is 0 Å². The fourth-order valence-corrected chi connectivity index (χ4v) is 3.79. The van der Waals surface area contributed by atoms with Crippen molar-refractivity contribution in [3.8, 4) is 0 Å². The summed E-state index contributed by atoms with van der Waals surface area (Å²) in [7, 11) is 0. The summed E-state index contributed by atoms with van der Waals surface area (Å²) in [6, 6.07) is 9.66. The van der Waals surface area contributed by atoms with Crippen molar-refractivity contribution in [2.75, 3.05) is 6.54 Å². The lowest BCUT2D eigenvalue weighted by Gasteiger charge is -2.56. The zero-order valence-electron chi connectivity index (χ0n) is 11.0. The monoisotopic (exact) mass is 260 g/mol. The van der Waals surface area contributed by atoms with Gasteiger partial charge in [0.15, 0.2) is 0 Å². The van der Waals surface area contributed by atoms with Crippen LogP contribution in [0, 0.1) is 5.92 Å². The smallest absolute Gasteiger partial charge is 0.407 e. The minimum atomic E-state index is -0.823. The van der Waals surface area contributed by atoms with Gasteiger partial charge in [0, 0.05) is 6.54 Å². The minimum Gasteiger partial charge on any atom is -0.465 e. The highest BCUT2D eigenvalue weighted by Gasteiger charge is 2.52. The van der Waals surface area contributed by atoms with Gasteiger partial charge in [-0.25, -0.2) is 4.79 Å². The van der Waals surface area contributed by atoms with Crippen molar-refractivity contribution in [2.45, 2.75) is 37.3 Å². The summed E-state index contributed by atoms with van der Waals surface area (Å²) in [5.41, 5.74) is 7.10. The third kappa shape index (κ3) is 1.91. The van der Waals surface area contributed by atoms with Gasteiger partial charge in [-0.2, -0.15) is 0 Å². The van der Waals surface area contributed by atoms with Gasteiger partial charge in [-0.1, -0.05) is 30.3 Å². The second-order valence-electron chi connectivity index (χ2n) is 5.83. The Morgan fingerprint density at radius 1 is 1.32 bits per heavy atom. The first-order valence-electron chi connectivity index (χ1n) is 6.94. The molecule has 1 atom stereocenters. The molecule has 102 valence electrons. The zero-order valence-corrected chi connectivity index (χ0v) is 11.0. The summed E-state index contributed by atoms with van der Waals surface area (Å²) < 4.78 is 0. The van der Waals surface area contributed by atoms with Gasteiger partial charge in [0.25, 0.3) is 0 Å². The number of hydrogen-bond donors (Lipinski definition) is 2. The van der Waals surface area contributed by atoms with Crippen LogP contribution in [0.4, 0.5) is 4.79 Å². The number of piperidine rings is 2. The fraction of sp³-hybridized carbons (Fsp3) is 0.533. The molecule has 1 aromatic rings. The normalized spacial score (nSPS) is 31.2. The van der Waals surface area contributed by atoms with Crippen molar-refractivity contribution in [3.05, 3.63) is 35.9 Å². The molecule has 1 saturated carbocycles. The van der Waals surface area contributed by atoms with Gasteiger partial charge in [0.05, 0.1) is 11.6 Å². The first-order chi connectivity index (χ1) is 9.13. The Balaban J connectivity index is 1.97. The molecule has 1 aliphatic carbocycles. The molecule has 1 amide bonds. The average Bonchev–Trinajstić information content (AvgIpc) is 2.48. The van der Waals surface area contributed by atoms with Crippen LogP contribution in [0.5, 0.6) is 0 Å². The first-order valence-corrected chi connectivity index (χ1v) is 6.94. The van der Waals surface area contributed by atoms with Gasteiger partial charge < -0.3 is 15.7 Å². The van der Waals surface area contributed by atoms with Crippen molar-refractivity contribution in [1.29, 1.82) is 0 Å². The number of carboxylic acid groups (broad SMARTS) is 1. The number of nitrogens with two attached hydrogens (primary N) is 1. The zero-order chi connectivity index (χ0) is 13.5. The van der Waals surface area contributed by atoms with Crippen LogP contribution in [0.1, 0.15) is 37.3 Å². The highest BCUT2D eigenvalue weighted by molar-refractivity contribution is 5.67. The standard InChI is InChI=1S/C15H20N2O2/c16-13(12-4-2-1-3-5-12)15-8-6-11(7-9-15)10-17(15)14(18)19/h1-5,11,13H,6-10,16H2,(H,18,19). The fourth-order valence-electron chi connectivity index (χ4n) is 3.79. The van der Waals surface area contributed by atoms with Crippen molar-refractivity contribution < 1.29 is 9.90 Å². The topological polar surface area (TPSA) is 66.6 Å². The number of fused-ring (bicyclic) bond motifs is 3. The maximum absolute atomic E-state index is 11.6. The number of nitrogens with zero attached hydrogens (tertiary/aromatic N) is 1. The minimum absolute atomic E-state index is 0.231. The first kappa shape index (κ1) is 12.5. The van der Waals surface area contributed by atoms with Crippen LogP contribution in [-0.2, 0) is 0 Å². The molecule has 1 unspecified atom stereocenters. The summed E-state index contributed by atoms with van der Waals surface area (Å²) in [5.74, 6) is 0.529. The lowest BCUT2D eigenvalue weighted by atomic mass is 9.66. The Bertz CT molecular complexity index is 466. The molecular weight excluding hydrogens is 240 g/mol. The van der Waals surface area contributed by atoms with Crippen molar-refractivity contribution in [3.63, 3.8) is 0 Å². The summed E-state index contributed by atoms with van der Waals surface area (Å²) in [4.78, 5) is 13.2. The van der Waals surface area contributed by atoms with E-state index in [1.54, 1.807) is 4.90 Å². The van der Waals surface area contributed by atoms with E-state index in [0.29, 0.717) is 12.5 Å². The SMILES string of the molecule is NC(c1ccccc1)C12CCC(CC1)CN2C(=O)O. The Labute approximate surface area is 113 Å². The Morgan fingerprint density at radius 2 is 1.95 bits per heavy atom. The predicted octanol–water partition coefficient (Wildman–Crippen LogP) is 2.61. The van der Waals surface area contributed by atoms with Crippen molar-refractivity contribution in [1.82, 2.24) is 4.90 Å². The van der Waals surface area contributed by atoms with Crippen LogP contribution in [-0.4, -0.2) is 28.2 Å². The van der Waals surface area contributed by atoms with E-state index < -0.39 is 11.6 Å². The average molecular weight is 260 g/mol. The molecule has 3 N–H and O–H groups in total. The van der Waals surface area contributed by atoms with Crippen LogP contribution < -0.4 is 5.73 Å². The lowest BCUT2D eigenvalue weighted by Crippen LogP contribution is -2.64. The molecule has 1 aromatic carbocycles. The molecule has 3 aliphatic rings. The molecule has 0 radical (unpaired) electrons. The van der Waals surface area contributed by atoms with Crippen LogP contribution in [0.25, 0.3) is 0 Å². The second kappa shape index (κ2) is 4.53. The molecule has 4 rings (SSSR count). The van der Waals surface area contributed by atoms with Crippen molar-refractivity contribution in [2.24, 2.45) is 11.7 Å². The summed E-state index contributed by atoms with van der Waals surface area (Å²) in [6.07, 6.45) is 3.16. The lowest BCUT2D eigenvalue weighted by molar-refractivity contribution is -0.0359. The van der Waals surface area contributed by atoms with Crippen LogP contribution in [0.15, 0.2) is 30.3 Å². The molecular formula is C15H20N2O2. The Morgan fingerprint density at radius 3 is 2.53 bits per heavy atom. The van der Waals surface area contributed by atoms with E-state index in [-0.39, 0.29) is 6.04 Å². The van der Waals surface area contributed by atoms with Gasteiger partial charge in [-0.05, 0) is 37.2 Å². The van der Waals surface area contributed by atoms with E-state index in [4.69, 9.17) is 5.73 Å². The third-order valence-corrected chi connectivity index (χ3v) is 4.92. The molecule has 4 heteroatoms. The van der Waals surface area contributed by atoms with E-state index >= 15 is 0 Å². The molecule has 2 aliphatic heterocycles. The molecule has 2 bridgehead atoms. The molecule has 0 spiro atoms. The van der Waals surface area contributed by atoms with Gasteiger partial charge >= 0.3 is 6.09 Å². The second-order valence-corrected chi connectivity index (χ2v) is 5.83. The van der Waals surface area contributed by atoms with E-state index in [9.17, 15) is 9.90 Å². The van der Waals surface area contributed by atoms with Crippen LogP contribution >= 0.6 is 0 Å². The molecule has 0 aromatic heterocycles. The summed E-state index contributed by atoms with van der Waals surface area (Å²) >= 11 is 0.